The number of hydrogen-bond donors (Lipinski definition) is 2. The lowest BCUT2D eigenvalue weighted by atomic mass is 9.73. The third kappa shape index (κ3) is 3.17. The van der Waals surface area contributed by atoms with Crippen molar-refractivity contribution >= 4 is 16.6 Å². The van der Waals surface area contributed by atoms with Gasteiger partial charge >= 0.3 is 0 Å². The number of benzene rings is 1. The minimum atomic E-state index is -0.973. The molecule has 4 atom stereocenters. The molecule has 2 fully saturated rings. The van der Waals surface area contributed by atoms with Crippen molar-refractivity contribution in [2.24, 2.45) is 0 Å². The number of halogens is 1. The van der Waals surface area contributed by atoms with Crippen molar-refractivity contribution in [1.29, 1.82) is 0 Å². The highest BCUT2D eigenvalue weighted by molar-refractivity contribution is 5.89. The van der Waals surface area contributed by atoms with Crippen LogP contribution in [-0.2, 0) is 0 Å². The summed E-state index contributed by atoms with van der Waals surface area (Å²) >= 11 is 0. The lowest BCUT2D eigenvalue weighted by Gasteiger charge is -2.52. The second-order valence-electron chi connectivity index (χ2n) is 8.82. The maximum absolute atomic E-state index is 15.4. The highest BCUT2D eigenvalue weighted by Crippen LogP contribution is 2.39. The molecule has 2 saturated heterocycles. The van der Waals surface area contributed by atoms with Gasteiger partial charge < -0.3 is 15.3 Å². The first kappa shape index (κ1) is 19.2. The van der Waals surface area contributed by atoms with Crippen LogP contribution in [-0.4, -0.2) is 50.9 Å². The first-order valence-electron chi connectivity index (χ1n) is 10.5. The highest BCUT2D eigenvalue weighted by Gasteiger charge is 2.49. The molecule has 2 bridgehead atoms. The summed E-state index contributed by atoms with van der Waals surface area (Å²) in [6.07, 6.45) is 9.55. The Hall–Kier alpha value is -2.80. The molecular weight excluding hydrogens is 381 g/mol. The summed E-state index contributed by atoms with van der Waals surface area (Å²) in [5.74, 6) is 0.772. The van der Waals surface area contributed by atoms with Crippen molar-refractivity contribution in [3.05, 3.63) is 43.0 Å². The van der Waals surface area contributed by atoms with Crippen molar-refractivity contribution in [3.8, 4) is 17.0 Å². The van der Waals surface area contributed by atoms with Gasteiger partial charge in [-0.1, -0.05) is 0 Å². The monoisotopic (exact) mass is 407 g/mol. The van der Waals surface area contributed by atoms with Gasteiger partial charge in [-0.3, -0.25) is 9.97 Å². The summed E-state index contributed by atoms with van der Waals surface area (Å²) in [6.45, 7) is 2.00. The fourth-order valence-corrected chi connectivity index (χ4v) is 5.05. The van der Waals surface area contributed by atoms with Gasteiger partial charge in [0.1, 0.15) is 17.7 Å². The molecule has 2 aromatic heterocycles. The minimum Gasteiger partial charge on any atom is -0.507 e. The van der Waals surface area contributed by atoms with E-state index in [4.69, 9.17) is 0 Å². The van der Waals surface area contributed by atoms with Gasteiger partial charge in [-0.2, -0.15) is 0 Å². The standard InChI is InChI=1S/C23H26FN5O/c1-23-6-3-4-16(28-23)10-19(22(23)24)29(2)21-13-26-18(12-27-21)17-8-14-5-7-25-11-15(14)9-20(17)30/h5,7-9,11-13,16,19,22,28,30H,3-4,6,10H2,1-2H3/t16-,19-,22+,23+/m1/s1. The SMILES string of the molecule is CN(c1cnc(-c2cc3ccncc3cc2O)cn1)[C@@H]1C[C@H]2CCC[C@](C)(N2)[C@H]1F. The number of hydrogen-bond acceptors (Lipinski definition) is 6. The normalized spacial score (nSPS) is 28.4. The van der Waals surface area contributed by atoms with Crippen LogP contribution in [0.4, 0.5) is 10.2 Å². The zero-order valence-corrected chi connectivity index (χ0v) is 17.2. The second kappa shape index (κ2) is 7.16. The molecular formula is C23H26FN5O. The van der Waals surface area contributed by atoms with Crippen LogP contribution in [0.2, 0.25) is 0 Å². The molecule has 156 valence electrons. The fourth-order valence-electron chi connectivity index (χ4n) is 5.05. The van der Waals surface area contributed by atoms with Crippen LogP contribution in [0, 0.1) is 0 Å². The molecule has 4 heterocycles. The van der Waals surface area contributed by atoms with Gasteiger partial charge in [-0.25, -0.2) is 9.37 Å². The van der Waals surface area contributed by atoms with E-state index in [0.717, 1.165) is 36.5 Å². The minimum absolute atomic E-state index is 0.133. The largest absolute Gasteiger partial charge is 0.507 e. The third-order valence-corrected chi connectivity index (χ3v) is 6.78. The van der Waals surface area contributed by atoms with Gasteiger partial charge in [-0.15, -0.1) is 0 Å². The fraction of sp³-hybridized carbons (Fsp3) is 0.435. The van der Waals surface area contributed by atoms with Crippen molar-refractivity contribution in [2.75, 3.05) is 11.9 Å². The maximum Gasteiger partial charge on any atom is 0.147 e. The first-order valence-corrected chi connectivity index (χ1v) is 10.5. The molecule has 2 aliphatic rings. The topological polar surface area (TPSA) is 74.2 Å². The van der Waals surface area contributed by atoms with Gasteiger partial charge in [0.25, 0.3) is 0 Å². The molecule has 7 heteroatoms. The Bertz CT molecular complexity index is 1070. The van der Waals surface area contributed by atoms with Gasteiger partial charge in [0.2, 0.25) is 0 Å². The number of piperidine rings is 2. The smallest absolute Gasteiger partial charge is 0.147 e. The number of aromatic hydroxyl groups is 1. The number of aromatic nitrogens is 3. The molecule has 2 aliphatic heterocycles. The number of rotatable bonds is 3. The summed E-state index contributed by atoms with van der Waals surface area (Å²) in [4.78, 5) is 15.1. The van der Waals surface area contributed by atoms with E-state index in [0.29, 0.717) is 23.1 Å². The molecule has 0 aliphatic carbocycles. The molecule has 6 nitrogen and oxygen atoms in total. The Balaban J connectivity index is 1.42. The second-order valence-corrected chi connectivity index (χ2v) is 8.82. The molecule has 30 heavy (non-hydrogen) atoms. The maximum atomic E-state index is 15.4. The number of nitrogens with zero attached hydrogens (tertiary/aromatic N) is 4. The molecule has 3 aromatic rings. The van der Waals surface area contributed by atoms with Crippen LogP contribution < -0.4 is 10.2 Å². The van der Waals surface area contributed by atoms with Crippen LogP contribution >= 0.6 is 0 Å². The Labute approximate surface area is 175 Å². The van der Waals surface area contributed by atoms with Gasteiger partial charge in [0, 0.05) is 42.0 Å². The van der Waals surface area contributed by atoms with Crippen LogP contribution in [0.5, 0.6) is 5.75 Å². The summed E-state index contributed by atoms with van der Waals surface area (Å²) in [7, 11) is 1.89. The average molecular weight is 407 g/mol. The van der Waals surface area contributed by atoms with E-state index in [9.17, 15) is 5.11 Å². The molecule has 5 rings (SSSR count). The molecule has 0 spiro atoms. The van der Waals surface area contributed by atoms with Crippen LogP contribution in [0.25, 0.3) is 22.0 Å². The zero-order valence-electron chi connectivity index (χ0n) is 17.2. The predicted octanol–water partition coefficient (Wildman–Crippen LogP) is 3.84. The van der Waals surface area contributed by atoms with Gasteiger partial charge in [-0.05, 0) is 56.2 Å². The Morgan fingerprint density at radius 1 is 1.20 bits per heavy atom. The molecule has 2 N–H and O–H groups in total. The van der Waals surface area contributed by atoms with Crippen molar-refractivity contribution < 1.29 is 9.50 Å². The molecule has 0 saturated carbocycles. The van der Waals surface area contributed by atoms with Crippen molar-refractivity contribution in [3.63, 3.8) is 0 Å². The number of anilines is 1. The number of fused-ring (bicyclic) bond motifs is 3. The first-order chi connectivity index (χ1) is 14.4. The number of alkyl halides is 1. The Morgan fingerprint density at radius 2 is 2.07 bits per heavy atom. The van der Waals surface area contributed by atoms with Crippen LogP contribution in [0.15, 0.2) is 43.0 Å². The third-order valence-electron chi connectivity index (χ3n) is 6.78. The van der Waals surface area contributed by atoms with Crippen molar-refractivity contribution in [1.82, 2.24) is 20.3 Å². The predicted molar refractivity (Wildman–Crippen MR) is 115 cm³/mol. The van der Waals surface area contributed by atoms with Gasteiger partial charge in [0.15, 0.2) is 0 Å². The van der Waals surface area contributed by atoms with E-state index < -0.39 is 11.7 Å². The summed E-state index contributed by atoms with van der Waals surface area (Å²) in [5, 5.41) is 15.8. The molecule has 0 radical (unpaired) electrons. The lowest BCUT2D eigenvalue weighted by molar-refractivity contribution is 0.0405. The Kier molecular flexibility index (Phi) is 4.58. The van der Waals surface area contributed by atoms with E-state index in [1.54, 1.807) is 30.9 Å². The number of pyridine rings is 1. The molecule has 0 unspecified atom stereocenters. The zero-order chi connectivity index (χ0) is 20.9. The quantitative estimate of drug-likeness (QED) is 0.687. The van der Waals surface area contributed by atoms with E-state index in [2.05, 4.69) is 20.3 Å². The van der Waals surface area contributed by atoms with Gasteiger partial charge in [0.05, 0.1) is 24.1 Å². The number of phenolic OH excluding ortho intramolecular Hbond substituents is 1. The van der Waals surface area contributed by atoms with E-state index in [-0.39, 0.29) is 11.8 Å². The van der Waals surface area contributed by atoms with E-state index in [1.165, 1.54) is 0 Å². The van der Waals surface area contributed by atoms with Crippen LogP contribution in [0.3, 0.4) is 0 Å². The molecule has 1 aromatic carbocycles. The Morgan fingerprint density at radius 3 is 2.87 bits per heavy atom. The molecule has 0 amide bonds. The highest BCUT2D eigenvalue weighted by atomic mass is 19.1. The van der Waals surface area contributed by atoms with Crippen molar-refractivity contribution in [2.45, 2.75) is 56.4 Å². The van der Waals surface area contributed by atoms with E-state index in [1.807, 2.05) is 31.0 Å². The van der Waals surface area contributed by atoms with E-state index >= 15 is 4.39 Å². The van der Waals surface area contributed by atoms with Crippen LogP contribution in [0.1, 0.15) is 32.6 Å². The summed E-state index contributed by atoms with van der Waals surface area (Å²) < 4.78 is 15.4. The number of phenols is 1. The summed E-state index contributed by atoms with van der Waals surface area (Å²) in [5.41, 5.74) is 0.719. The average Bonchev–Trinajstić information content (AvgIpc) is 2.75. The lowest BCUT2D eigenvalue weighted by Crippen LogP contribution is -2.68. The number of nitrogens with one attached hydrogen (secondary N) is 1. The summed E-state index contributed by atoms with van der Waals surface area (Å²) in [6, 6.07) is 5.57.